The van der Waals surface area contributed by atoms with Crippen LogP contribution in [-0.4, -0.2) is 16.7 Å². The molecule has 0 bridgehead atoms. The molecular formula is C15H12N2OS2. The summed E-state index contributed by atoms with van der Waals surface area (Å²) in [6, 6.07) is 15.5. The standard InChI is InChI=1S/C15H12N2OS2/c1-18-11-6-4-5-10(9-11)17-14(19)12-7-2-3-8-13(12)16-15(17)20/h2-9H,1H3,(H,16,20). The minimum absolute atomic E-state index is 0.571. The predicted molar refractivity (Wildman–Crippen MR) is 85.8 cm³/mol. The summed E-state index contributed by atoms with van der Waals surface area (Å²) in [5.74, 6) is 0.770. The van der Waals surface area contributed by atoms with Crippen LogP contribution in [0.25, 0.3) is 16.6 Å². The summed E-state index contributed by atoms with van der Waals surface area (Å²) in [5, 5.41) is 0.971. The molecule has 0 amide bonds. The number of hydrogen-bond acceptors (Lipinski definition) is 3. The number of methoxy groups -OCH3 is 1. The van der Waals surface area contributed by atoms with E-state index in [1.165, 1.54) is 0 Å². The Morgan fingerprint density at radius 2 is 1.85 bits per heavy atom. The molecule has 1 aromatic heterocycles. The number of nitrogens with zero attached hydrogens (tertiary/aromatic N) is 1. The fourth-order valence-electron chi connectivity index (χ4n) is 2.15. The van der Waals surface area contributed by atoms with Crippen LogP contribution in [0.5, 0.6) is 5.75 Å². The summed E-state index contributed by atoms with van der Waals surface area (Å²) >= 11 is 11.0. The van der Waals surface area contributed by atoms with Gasteiger partial charge in [-0.05, 0) is 36.5 Å². The van der Waals surface area contributed by atoms with E-state index in [0.29, 0.717) is 9.41 Å². The molecule has 1 heterocycles. The van der Waals surface area contributed by atoms with E-state index in [1.807, 2.05) is 53.1 Å². The average Bonchev–Trinajstić information content (AvgIpc) is 2.47. The van der Waals surface area contributed by atoms with E-state index in [2.05, 4.69) is 4.98 Å². The number of para-hydroxylation sites is 1. The van der Waals surface area contributed by atoms with Gasteiger partial charge in [0.25, 0.3) is 0 Å². The van der Waals surface area contributed by atoms with Crippen molar-refractivity contribution in [3.63, 3.8) is 0 Å². The predicted octanol–water partition coefficient (Wildman–Crippen LogP) is 4.43. The Hall–Kier alpha value is -1.98. The summed E-state index contributed by atoms with van der Waals surface area (Å²) in [4.78, 5) is 3.21. The van der Waals surface area contributed by atoms with Gasteiger partial charge in [-0.25, -0.2) is 0 Å². The number of rotatable bonds is 2. The van der Waals surface area contributed by atoms with Crippen molar-refractivity contribution in [1.82, 2.24) is 9.55 Å². The van der Waals surface area contributed by atoms with Crippen LogP contribution in [0.1, 0.15) is 0 Å². The van der Waals surface area contributed by atoms with Crippen molar-refractivity contribution < 1.29 is 4.74 Å². The molecule has 20 heavy (non-hydrogen) atoms. The van der Waals surface area contributed by atoms with Crippen molar-refractivity contribution >= 4 is 35.3 Å². The summed E-state index contributed by atoms with van der Waals surface area (Å²) in [6.45, 7) is 0. The third-order valence-electron chi connectivity index (χ3n) is 3.12. The Kier molecular flexibility index (Phi) is 3.38. The van der Waals surface area contributed by atoms with Crippen molar-refractivity contribution in [1.29, 1.82) is 0 Å². The van der Waals surface area contributed by atoms with Gasteiger partial charge in [-0.1, -0.05) is 30.4 Å². The number of aromatic nitrogens is 2. The second-order valence-electron chi connectivity index (χ2n) is 4.32. The molecule has 0 spiro atoms. The molecule has 0 aliphatic carbocycles. The lowest BCUT2D eigenvalue weighted by molar-refractivity contribution is 0.414. The fraction of sp³-hybridized carbons (Fsp3) is 0.0667. The van der Waals surface area contributed by atoms with Crippen molar-refractivity contribution in [2.45, 2.75) is 0 Å². The van der Waals surface area contributed by atoms with Gasteiger partial charge in [-0.3, -0.25) is 4.57 Å². The van der Waals surface area contributed by atoms with Gasteiger partial charge in [0.05, 0.1) is 18.3 Å². The van der Waals surface area contributed by atoms with E-state index in [1.54, 1.807) is 7.11 Å². The van der Waals surface area contributed by atoms with Crippen LogP contribution in [0.4, 0.5) is 0 Å². The van der Waals surface area contributed by atoms with E-state index in [0.717, 1.165) is 22.3 Å². The lowest BCUT2D eigenvalue weighted by Gasteiger charge is -2.11. The zero-order valence-electron chi connectivity index (χ0n) is 10.8. The van der Waals surface area contributed by atoms with Crippen LogP contribution in [0.15, 0.2) is 48.5 Å². The van der Waals surface area contributed by atoms with Crippen LogP contribution >= 0.6 is 24.4 Å². The molecule has 0 aliphatic rings. The van der Waals surface area contributed by atoms with Gasteiger partial charge >= 0.3 is 0 Å². The Balaban J connectivity index is 2.36. The van der Waals surface area contributed by atoms with Crippen LogP contribution in [-0.2, 0) is 0 Å². The van der Waals surface area contributed by atoms with E-state index in [-0.39, 0.29) is 0 Å². The van der Waals surface area contributed by atoms with Gasteiger partial charge in [0.2, 0.25) is 0 Å². The van der Waals surface area contributed by atoms with Crippen molar-refractivity contribution in [2.75, 3.05) is 7.11 Å². The first-order valence-corrected chi connectivity index (χ1v) is 6.91. The van der Waals surface area contributed by atoms with Gasteiger partial charge in [0, 0.05) is 11.5 Å². The molecular weight excluding hydrogens is 288 g/mol. The molecule has 0 unspecified atom stereocenters. The first kappa shape index (κ1) is 13.0. The lowest BCUT2D eigenvalue weighted by atomic mass is 10.2. The van der Waals surface area contributed by atoms with Gasteiger partial charge in [0.1, 0.15) is 10.4 Å². The lowest BCUT2D eigenvalue weighted by Crippen LogP contribution is -2.02. The van der Waals surface area contributed by atoms with E-state index in [9.17, 15) is 0 Å². The third kappa shape index (κ3) is 2.15. The molecule has 5 heteroatoms. The number of fused-ring (bicyclic) bond motifs is 1. The van der Waals surface area contributed by atoms with Crippen molar-refractivity contribution in [2.24, 2.45) is 0 Å². The van der Waals surface area contributed by atoms with Crippen molar-refractivity contribution in [3.8, 4) is 11.4 Å². The second kappa shape index (κ2) is 5.19. The molecule has 3 rings (SSSR count). The number of nitrogens with one attached hydrogen (secondary N) is 1. The molecule has 0 aliphatic heterocycles. The zero-order chi connectivity index (χ0) is 14.1. The summed E-state index contributed by atoms with van der Waals surface area (Å²) < 4.78 is 8.36. The summed E-state index contributed by atoms with van der Waals surface area (Å²) in [7, 11) is 1.64. The molecule has 0 radical (unpaired) electrons. The number of H-pyrrole nitrogens is 1. The molecule has 1 N–H and O–H groups in total. The maximum Gasteiger partial charge on any atom is 0.183 e. The Labute approximate surface area is 126 Å². The highest BCUT2D eigenvalue weighted by molar-refractivity contribution is 7.72. The first-order valence-electron chi connectivity index (χ1n) is 6.09. The maximum absolute atomic E-state index is 5.58. The highest BCUT2D eigenvalue weighted by Crippen LogP contribution is 2.20. The number of benzene rings is 2. The van der Waals surface area contributed by atoms with Crippen LogP contribution in [0.2, 0.25) is 0 Å². The summed E-state index contributed by atoms with van der Waals surface area (Å²) in [5.41, 5.74) is 1.84. The summed E-state index contributed by atoms with van der Waals surface area (Å²) in [6.07, 6.45) is 0. The minimum atomic E-state index is 0.571. The third-order valence-corrected chi connectivity index (χ3v) is 3.80. The zero-order valence-corrected chi connectivity index (χ0v) is 12.4. The van der Waals surface area contributed by atoms with Crippen molar-refractivity contribution in [3.05, 3.63) is 57.9 Å². The van der Waals surface area contributed by atoms with Gasteiger partial charge < -0.3 is 9.72 Å². The molecule has 0 saturated carbocycles. The van der Waals surface area contributed by atoms with E-state index < -0.39 is 0 Å². The fourth-order valence-corrected chi connectivity index (χ4v) is 2.89. The number of hydrogen-bond donors (Lipinski definition) is 1. The molecule has 100 valence electrons. The van der Waals surface area contributed by atoms with Crippen LogP contribution in [0, 0.1) is 9.41 Å². The van der Waals surface area contributed by atoms with Gasteiger partial charge in [-0.15, -0.1) is 0 Å². The number of aromatic amines is 1. The SMILES string of the molecule is COc1cccc(-n2c(=S)[nH]c3ccccc3c2=S)c1. The number of ether oxygens (including phenoxy) is 1. The largest absolute Gasteiger partial charge is 0.497 e. The highest BCUT2D eigenvalue weighted by Gasteiger charge is 2.05. The Morgan fingerprint density at radius 3 is 2.65 bits per heavy atom. The second-order valence-corrected chi connectivity index (χ2v) is 5.09. The molecule has 3 nitrogen and oxygen atoms in total. The minimum Gasteiger partial charge on any atom is -0.497 e. The van der Waals surface area contributed by atoms with Crippen LogP contribution in [0.3, 0.4) is 0 Å². The topological polar surface area (TPSA) is 29.9 Å². The molecule has 0 atom stereocenters. The van der Waals surface area contributed by atoms with E-state index >= 15 is 0 Å². The quantitative estimate of drug-likeness (QED) is 0.710. The normalized spacial score (nSPS) is 10.7. The average molecular weight is 300 g/mol. The Bertz CT molecular complexity index is 896. The van der Waals surface area contributed by atoms with Gasteiger partial charge in [-0.2, -0.15) is 0 Å². The van der Waals surface area contributed by atoms with Crippen LogP contribution < -0.4 is 4.74 Å². The molecule has 0 saturated heterocycles. The van der Waals surface area contributed by atoms with E-state index in [4.69, 9.17) is 29.2 Å². The Morgan fingerprint density at radius 1 is 1.05 bits per heavy atom. The monoisotopic (exact) mass is 300 g/mol. The molecule has 2 aromatic carbocycles. The van der Waals surface area contributed by atoms with Gasteiger partial charge in [0.15, 0.2) is 4.77 Å². The molecule has 3 aromatic rings. The highest BCUT2D eigenvalue weighted by atomic mass is 32.1. The smallest absolute Gasteiger partial charge is 0.183 e. The first-order chi connectivity index (χ1) is 9.70. The molecule has 0 fully saturated rings. The maximum atomic E-state index is 5.58.